The highest BCUT2D eigenvalue weighted by Gasteiger charge is 2.18. The number of aromatic nitrogens is 4. The molecule has 0 spiro atoms. The van der Waals surface area contributed by atoms with E-state index in [9.17, 15) is 0 Å². The van der Waals surface area contributed by atoms with Gasteiger partial charge in [0.25, 0.3) is 0 Å². The molecule has 27 heavy (non-hydrogen) atoms. The van der Waals surface area contributed by atoms with Crippen LogP contribution >= 0.6 is 11.8 Å². The molecule has 0 aliphatic carbocycles. The summed E-state index contributed by atoms with van der Waals surface area (Å²) in [5.41, 5.74) is 8.07. The second kappa shape index (κ2) is 7.51. The van der Waals surface area contributed by atoms with Crippen LogP contribution in [0.1, 0.15) is 0 Å². The molecule has 0 amide bonds. The molecule has 2 N–H and O–H groups in total. The summed E-state index contributed by atoms with van der Waals surface area (Å²) in [6.45, 7) is 0. The van der Waals surface area contributed by atoms with Gasteiger partial charge in [0, 0.05) is 11.8 Å². The molecular formula is C20H14FN5S. The summed E-state index contributed by atoms with van der Waals surface area (Å²) in [6, 6.07) is 15.0. The van der Waals surface area contributed by atoms with Gasteiger partial charge in [0.2, 0.25) is 0 Å². The standard InChI is InChI=1S/C20H14FN5S/c21-19-15(16-10-25-17(22)11-24-16)7-6-14(13-4-2-1-3-5-13)20(19)27-18-8-9-23-12-26-18/h1-12H,(H2,22,25). The van der Waals surface area contributed by atoms with Gasteiger partial charge >= 0.3 is 0 Å². The monoisotopic (exact) mass is 375 g/mol. The Bertz CT molecular complexity index is 1060. The predicted octanol–water partition coefficient (Wildman–Crippen LogP) is 4.47. The van der Waals surface area contributed by atoms with Crippen LogP contribution in [0, 0.1) is 5.82 Å². The third-order valence-corrected chi connectivity index (χ3v) is 4.95. The normalized spacial score (nSPS) is 10.7. The summed E-state index contributed by atoms with van der Waals surface area (Å²) in [6.07, 6.45) is 5.95. The van der Waals surface area contributed by atoms with E-state index < -0.39 is 0 Å². The van der Waals surface area contributed by atoms with Crippen LogP contribution in [-0.2, 0) is 0 Å². The first-order valence-corrected chi connectivity index (χ1v) is 8.93. The third kappa shape index (κ3) is 3.63. The number of nitrogen functional groups attached to an aromatic ring is 1. The van der Waals surface area contributed by atoms with Gasteiger partial charge in [-0.15, -0.1) is 0 Å². The zero-order chi connectivity index (χ0) is 18.6. The van der Waals surface area contributed by atoms with E-state index in [0.29, 0.717) is 21.2 Å². The minimum absolute atomic E-state index is 0.288. The molecule has 7 heteroatoms. The summed E-state index contributed by atoms with van der Waals surface area (Å²) in [5.74, 6) is -0.0883. The van der Waals surface area contributed by atoms with E-state index in [0.717, 1.165) is 11.1 Å². The third-order valence-electron chi connectivity index (χ3n) is 3.89. The van der Waals surface area contributed by atoms with Gasteiger partial charge in [-0.3, -0.25) is 4.98 Å². The molecule has 0 aliphatic heterocycles. The first-order chi connectivity index (χ1) is 13.2. The molecule has 5 nitrogen and oxygen atoms in total. The number of benzene rings is 2. The first kappa shape index (κ1) is 17.1. The van der Waals surface area contributed by atoms with Crippen LogP contribution in [0.3, 0.4) is 0 Å². The van der Waals surface area contributed by atoms with E-state index in [2.05, 4.69) is 19.9 Å². The average molecular weight is 375 g/mol. The summed E-state index contributed by atoms with van der Waals surface area (Å²) in [5, 5.41) is 0.654. The molecular weight excluding hydrogens is 361 g/mol. The maximum atomic E-state index is 15.5. The number of anilines is 1. The van der Waals surface area contributed by atoms with Crippen molar-refractivity contribution < 1.29 is 4.39 Å². The Kier molecular flexibility index (Phi) is 4.76. The average Bonchev–Trinajstić information content (AvgIpc) is 2.72. The van der Waals surface area contributed by atoms with Gasteiger partial charge < -0.3 is 5.73 Å². The van der Waals surface area contributed by atoms with Crippen LogP contribution in [-0.4, -0.2) is 19.9 Å². The van der Waals surface area contributed by atoms with Crippen LogP contribution in [0.25, 0.3) is 22.4 Å². The van der Waals surface area contributed by atoms with Crippen molar-refractivity contribution in [2.75, 3.05) is 5.73 Å². The molecule has 2 heterocycles. The summed E-state index contributed by atoms with van der Waals surface area (Å²) in [7, 11) is 0. The van der Waals surface area contributed by atoms with Crippen molar-refractivity contribution >= 4 is 17.6 Å². The molecule has 4 rings (SSSR count). The number of hydrogen-bond donors (Lipinski definition) is 1. The fourth-order valence-corrected chi connectivity index (χ4v) is 3.55. The minimum atomic E-state index is -0.376. The molecule has 0 saturated heterocycles. The lowest BCUT2D eigenvalue weighted by molar-refractivity contribution is 0.606. The number of halogens is 1. The van der Waals surface area contributed by atoms with Crippen LogP contribution < -0.4 is 5.73 Å². The van der Waals surface area contributed by atoms with Crippen molar-refractivity contribution in [2.45, 2.75) is 9.92 Å². The number of nitrogens with two attached hydrogens (primary N) is 1. The molecule has 0 atom stereocenters. The second-order valence-corrected chi connectivity index (χ2v) is 6.68. The van der Waals surface area contributed by atoms with Gasteiger partial charge in [-0.2, -0.15) is 0 Å². The Hall–Kier alpha value is -3.32. The highest BCUT2D eigenvalue weighted by Crippen LogP contribution is 2.40. The molecule has 2 aromatic carbocycles. The molecule has 4 aromatic rings. The Morgan fingerprint density at radius 2 is 1.67 bits per heavy atom. The summed E-state index contributed by atoms with van der Waals surface area (Å²) in [4.78, 5) is 16.8. The van der Waals surface area contributed by atoms with Gasteiger partial charge in [-0.1, -0.05) is 48.2 Å². The zero-order valence-electron chi connectivity index (χ0n) is 14.1. The van der Waals surface area contributed by atoms with Crippen molar-refractivity contribution in [1.82, 2.24) is 19.9 Å². The van der Waals surface area contributed by atoms with E-state index >= 15 is 4.39 Å². The van der Waals surface area contributed by atoms with E-state index in [4.69, 9.17) is 5.73 Å². The predicted molar refractivity (Wildman–Crippen MR) is 103 cm³/mol. The summed E-state index contributed by atoms with van der Waals surface area (Å²) >= 11 is 1.25. The Balaban J connectivity index is 1.87. The SMILES string of the molecule is Nc1cnc(-c2ccc(-c3ccccc3)c(Sc3ccncn3)c2F)cn1. The van der Waals surface area contributed by atoms with Crippen LogP contribution in [0.2, 0.25) is 0 Å². The second-order valence-electron chi connectivity index (χ2n) is 5.65. The highest BCUT2D eigenvalue weighted by molar-refractivity contribution is 7.99. The van der Waals surface area contributed by atoms with Crippen LogP contribution in [0.4, 0.5) is 10.2 Å². The summed E-state index contributed by atoms with van der Waals surface area (Å²) < 4.78 is 15.5. The van der Waals surface area contributed by atoms with E-state index in [1.54, 1.807) is 18.3 Å². The van der Waals surface area contributed by atoms with Crippen molar-refractivity contribution in [3.05, 3.63) is 79.3 Å². The number of hydrogen-bond acceptors (Lipinski definition) is 6. The highest BCUT2D eigenvalue weighted by atomic mass is 32.2. The molecule has 0 unspecified atom stereocenters. The number of nitrogens with zero attached hydrogens (tertiary/aromatic N) is 4. The van der Waals surface area contributed by atoms with Crippen LogP contribution in [0.5, 0.6) is 0 Å². The molecule has 0 aliphatic rings. The van der Waals surface area contributed by atoms with Gasteiger partial charge in [0.05, 0.1) is 23.0 Å². The van der Waals surface area contributed by atoms with Gasteiger partial charge in [-0.05, 0) is 23.3 Å². The molecule has 0 radical (unpaired) electrons. The maximum absolute atomic E-state index is 15.5. The Labute approximate surface area is 159 Å². The minimum Gasteiger partial charge on any atom is -0.382 e. The fourth-order valence-electron chi connectivity index (χ4n) is 2.62. The first-order valence-electron chi connectivity index (χ1n) is 8.12. The maximum Gasteiger partial charge on any atom is 0.147 e. The Morgan fingerprint density at radius 1 is 0.852 bits per heavy atom. The quantitative estimate of drug-likeness (QED) is 0.530. The molecule has 0 saturated carbocycles. The van der Waals surface area contributed by atoms with E-state index in [-0.39, 0.29) is 11.6 Å². The lowest BCUT2D eigenvalue weighted by atomic mass is 10.0. The van der Waals surface area contributed by atoms with E-state index in [1.165, 1.54) is 30.5 Å². The number of rotatable bonds is 4. The Morgan fingerprint density at radius 3 is 2.37 bits per heavy atom. The molecule has 132 valence electrons. The lowest BCUT2D eigenvalue weighted by Crippen LogP contribution is -1.97. The van der Waals surface area contributed by atoms with Gasteiger partial charge in [0.15, 0.2) is 0 Å². The fraction of sp³-hybridized carbons (Fsp3) is 0. The van der Waals surface area contributed by atoms with Crippen LogP contribution in [0.15, 0.2) is 83.4 Å². The van der Waals surface area contributed by atoms with Crippen molar-refractivity contribution in [1.29, 1.82) is 0 Å². The van der Waals surface area contributed by atoms with Gasteiger partial charge in [0.1, 0.15) is 23.0 Å². The molecule has 0 bridgehead atoms. The lowest BCUT2D eigenvalue weighted by Gasteiger charge is -2.13. The van der Waals surface area contributed by atoms with E-state index in [1.807, 2.05) is 36.4 Å². The van der Waals surface area contributed by atoms with Crippen molar-refractivity contribution in [3.8, 4) is 22.4 Å². The smallest absolute Gasteiger partial charge is 0.147 e. The zero-order valence-corrected chi connectivity index (χ0v) is 14.9. The van der Waals surface area contributed by atoms with Crippen molar-refractivity contribution in [3.63, 3.8) is 0 Å². The molecule has 0 fully saturated rings. The molecule has 2 aromatic heterocycles. The largest absolute Gasteiger partial charge is 0.382 e. The van der Waals surface area contributed by atoms with Gasteiger partial charge in [-0.25, -0.2) is 19.3 Å². The topological polar surface area (TPSA) is 77.6 Å². The van der Waals surface area contributed by atoms with Crippen molar-refractivity contribution in [2.24, 2.45) is 0 Å².